The molecular weight excluding hydrogens is 338 g/mol. The molecule has 1 saturated heterocycles. The minimum Gasteiger partial charge on any atom is -0.355 e. The van der Waals surface area contributed by atoms with E-state index in [-0.39, 0.29) is 11.9 Å². The molecule has 6 nitrogen and oxygen atoms in total. The van der Waals surface area contributed by atoms with Crippen molar-refractivity contribution in [3.05, 3.63) is 29.3 Å². The lowest BCUT2D eigenvalue weighted by molar-refractivity contribution is -0.126. The SMILES string of the molecule is CCNC(=O)[C@H](C)N1CCN(S(=O)(=O)c2ccc3c(c2)CCC3)CC1. The number of likely N-dealkylation sites (N-methyl/N-ethyl adjacent to an activating group) is 1. The third kappa shape index (κ3) is 3.73. The number of carbonyl (C=O) groups excluding carboxylic acids is 1. The molecule has 1 atom stereocenters. The van der Waals surface area contributed by atoms with Gasteiger partial charge in [-0.1, -0.05) is 6.07 Å². The van der Waals surface area contributed by atoms with E-state index in [4.69, 9.17) is 0 Å². The van der Waals surface area contributed by atoms with Crippen LogP contribution in [0.4, 0.5) is 0 Å². The summed E-state index contributed by atoms with van der Waals surface area (Å²) in [5.41, 5.74) is 2.45. The van der Waals surface area contributed by atoms with Gasteiger partial charge in [-0.2, -0.15) is 4.31 Å². The van der Waals surface area contributed by atoms with Gasteiger partial charge in [0, 0.05) is 32.7 Å². The molecule has 25 heavy (non-hydrogen) atoms. The van der Waals surface area contributed by atoms with Crippen molar-refractivity contribution in [2.75, 3.05) is 32.7 Å². The summed E-state index contributed by atoms with van der Waals surface area (Å²) in [6, 6.07) is 5.32. The van der Waals surface area contributed by atoms with Crippen molar-refractivity contribution >= 4 is 15.9 Å². The van der Waals surface area contributed by atoms with Crippen LogP contribution < -0.4 is 5.32 Å². The van der Waals surface area contributed by atoms with Crippen LogP contribution in [0.3, 0.4) is 0 Å². The molecule has 1 aromatic carbocycles. The number of benzene rings is 1. The third-order valence-corrected chi connectivity index (χ3v) is 7.15. The average molecular weight is 365 g/mol. The largest absolute Gasteiger partial charge is 0.355 e. The smallest absolute Gasteiger partial charge is 0.243 e. The second kappa shape index (κ2) is 7.43. The zero-order chi connectivity index (χ0) is 18.0. The third-order valence-electron chi connectivity index (χ3n) is 5.26. The van der Waals surface area contributed by atoms with Gasteiger partial charge in [-0.3, -0.25) is 9.69 Å². The molecule has 1 N–H and O–H groups in total. The first-order valence-electron chi connectivity index (χ1n) is 9.07. The summed E-state index contributed by atoms with van der Waals surface area (Å²) in [6.07, 6.45) is 3.12. The van der Waals surface area contributed by atoms with Crippen molar-refractivity contribution in [3.8, 4) is 0 Å². The molecule has 0 bridgehead atoms. The van der Waals surface area contributed by atoms with Crippen LogP contribution in [0.5, 0.6) is 0 Å². The highest BCUT2D eigenvalue weighted by Crippen LogP contribution is 2.26. The van der Waals surface area contributed by atoms with Crippen LogP contribution in [0, 0.1) is 0 Å². The number of hydrogen-bond donors (Lipinski definition) is 1. The fourth-order valence-corrected chi connectivity index (χ4v) is 5.15. The van der Waals surface area contributed by atoms with E-state index in [2.05, 4.69) is 5.32 Å². The van der Waals surface area contributed by atoms with Crippen LogP contribution in [0.15, 0.2) is 23.1 Å². The van der Waals surface area contributed by atoms with Gasteiger partial charge in [0.25, 0.3) is 0 Å². The van der Waals surface area contributed by atoms with Gasteiger partial charge >= 0.3 is 0 Å². The maximum atomic E-state index is 12.9. The van der Waals surface area contributed by atoms with E-state index in [1.165, 1.54) is 11.1 Å². The standard InChI is InChI=1S/C18H27N3O3S/c1-3-19-18(22)14(2)20-9-11-21(12-10-20)25(23,24)17-8-7-15-5-4-6-16(15)13-17/h7-8,13-14H,3-6,9-12H2,1-2H3,(H,19,22)/t14-/m0/s1. The number of aryl methyl sites for hydroxylation is 2. The molecule has 3 rings (SSSR count). The molecule has 1 aliphatic heterocycles. The van der Waals surface area contributed by atoms with Crippen molar-refractivity contribution in [1.82, 2.24) is 14.5 Å². The lowest BCUT2D eigenvalue weighted by atomic mass is 10.1. The van der Waals surface area contributed by atoms with Crippen LogP contribution >= 0.6 is 0 Å². The van der Waals surface area contributed by atoms with E-state index in [1.807, 2.05) is 30.9 Å². The Morgan fingerprint density at radius 3 is 2.52 bits per heavy atom. The first-order chi connectivity index (χ1) is 11.9. The monoisotopic (exact) mass is 365 g/mol. The topological polar surface area (TPSA) is 69.7 Å². The molecule has 1 heterocycles. The summed E-state index contributed by atoms with van der Waals surface area (Å²) in [7, 11) is -3.46. The molecule has 1 amide bonds. The highest BCUT2D eigenvalue weighted by Gasteiger charge is 2.32. The summed E-state index contributed by atoms with van der Waals surface area (Å²) >= 11 is 0. The maximum Gasteiger partial charge on any atom is 0.243 e. The van der Waals surface area contributed by atoms with Gasteiger partial charge in [-0.05, 0) is 56.4 Å². The van der Waals surface area contributed by atoms with Crippen LogP contribution in [-0.2, 0) is 27.7 Å². The highest BCUT2D eigenvalue weighted by atomic mass is 32.2. The number of nitrogens with zero attached hydrogens (tertiary/aromatic N) is 2. The molecule has 0 radical (unpaired) electrons. The predicted molar refractivity (Wildman–Crippen MR) is 96.9 cm³/mol. The predicted octanol–water partition coefficient (Wildman–Crippen LogP) is 1.01. The number of nitrogens with one attached hydrogen (secondary N) is 1. The molecule has 0 spiro atoms. The Kier molecular flexibility index (Phi) is 5.46. The molecule has 138 valence electrons. The van der Waals surface area contributed by atoms with Crippen LogP contribution in [0.2, 0.25) is 0 Å². The molecule has 1 aliphatic carbocycles. The first-order valence-corrected chi connectivity index (χ1v) is 10.5. The normalized spacial score (nSPS) is 20.2. The number of fused-ring (bicyclic) bond motifs is 1. The van der Waals surface area contributed by atoms with Crippen LogP contribution in [-0.4, -0.2) is 62.3 Å². The van der Waals surface area contributed by atoms with Gasteiger partial charge in [0.1, 0.15) is 0 Å². The minimum atomic E-state index is -3.46. The van der Waals surface area contributed by atoms with E-state index in [9.17, 15) is 13.2 Å². The Morgan fingerprint density at radius 1 is 1.16 bits per heavy atom. The van der Waals surface area contributed by atoms with E-state index >= 15 is 0 Å². The Balaban J connectivity index is 1.66. The van der Waals surface area contributed by atoms with E-state index in [0.717, 1.165) is 19.3 Å². The van der Waals surface area contributed by atoms with Crippen LogP contribution in [0.1, 0.15) is 31.4 Å². The van der Waals surface area contributed by atoms with Gasteiger partial charge in [0.15, 0.2) is 0 Å². The molecule has 1 aromatic rings. The van der Waals surface area contributed by atoms with Crippen molar-refractivity contribution in [1.29, 1.82) is 0 Å². The van der Waals surface area contributed by atoms with Crippen molar-refractivity contribution in [2.45, 2.75) is 44.0 Å². The molecule has 2 aliphatic rings. The molecule has 0 aromatic heterocycles. The van der Waals surface area contributed by atoms with Gasteiger partial charge in [-0.25, -0.2) is 8.42 Å². The number of rotatable bonds is 5. The number of sulfonamides is 1. The zero-order valence-corrected chi connectivity index (χ0v) is 15.8. The highest BCUT2D eigenvalue weighted by molar-refractivity contribution is 7.89. The van der Waals surface area contributed by atoms with Crippen LogP contribution in [0.25, 0.3) is 0 Å². The lowest BCUT2D eigenvalue weighted by Gasteiger charge is -2.36. The molecule has 0 saturated carbocycles. The fraction of sp³-hybridized carbons (Fsp3) is 0.611. The minimum absolute atomic E-state index is 0.00238. The van der Waals surface area contributed by atoms with Gasteiger partial charge in [-0.15, -0.1) is 0 Å². The first kappa shape index (κ1) is 18.4. The molecule has 0 unspecified atom stereocenters. The lowest BCUT2D eigenvalue weighted by Crippen LogP contribution is -2.54. The van der Waals surface area contributed by atoms with Gasteiger partial charge < -0.3 is 5.32 Å². The Labute approximate surface area is 150 Å². The number of hydrogen-bond acceptors (Lipinski definition) is 4. The molecule has 7 heteroatoms. The summed E-state index contributed by atoms with van der Waals surface area (Å²) in [4.78, 5) is 14.4. The van der Waals surface area contributed by atoms with Gasteiger partial charge in [0.2, 0.25) is 15.9 Å². The van der Waals surface area contributed by atoms with Crippen molar-refractivity contribution in [3.63, 3.8) is 0 Å². The second-order valence-electron chi connectivity index (χ2n) is 6.79. The summed E-state index contributed by atoms with van der Waals surface area (Å²) < 4.78 is 27.4. The van der Waals surface area contributed by atoms with E-state index < -0.39 is 10.0 Å². The molecule has 1 fully saturated rings. The Morgan fingerprint density at radius 2 is 1.84 bits per heavy atom. The Bertz CT molecular complexity index is 740. The Hall–Kier alpha value is -1.44. The molecular formula is C18H27N3O3S. The number of carbonyl (C=O) groups is 1. The van der Waals surface area contributed by atoms with Crippen molar-refractivity contribution in [2.24, 2.45) is 0 Å². The van der Waals surface area contributed by atoms with E-state index in [0.29, 0.717) is 37.6 Å². The van der Waals surface area contributed by atoms with Gasteiger partial charge in [0.05, 0.1) is 10.9 Å². The summed E-state index contributed by atoms with van der Waals surface area (Å²) in [5, 5.41) is 2.82. The number of amides is 1. The van der Waals surface area contributed by atoms with E-state index in [1.54, 1.807) is 10.4 Å². The summed E-state index contributed by atoms with van der Waals surface area (Å²) in [6.45, 7) is 6.36. The second-order valence-corrected chi connectivity index (χ2v) is 8.73. The fourth-order valence-electron chi connectivity index (χ4n) is 3.68. The maximum absolute atomic E-state index is 12.9. The van der Waals surface area contributed by atoms with Crippen molar-refractivity contribution < 1.29 is 13.2 Å². The number of piperazine rings is 1. The quantitative estimate of drug-likeness (QED) is 0.845. The summed E-state index contributed by atoms with van der Waals surface area (Å²) in [5.74, 6) is -0.00238. The average Bonchev–Trinajstić information content (AvgIpc) is 3.09. The zero-order valence-electron chi connectivity index (χ0n) is 15.0.